The second kappa shape index (κ2) is 4.39. The first-order valence-corrected chi connectivity index (χ1v) is 5.08. The predicted octanol–water partition coefficient (Wildman–Crippen LogP) is 2.08. The molecule has 0 radical (unpaired) electrons. The summed E-state index contributed by atoms with van der Waals surface area (Å²) < 4.78 is 0. The number of nitrogen functional groups attached to an aromatic ring is 1. The summed E-state index contributed by atoms with van der Waals surface area (Å²) in [6.07, 6.45) is 0. The van der Waals surface area contributed by atoms with Gasteiger partial charge >= 0.3 is 5.97 Å². The lowest BCUT2D eigenvalue weighted by molar-refractivity contribution is 0.0690. The minimum atomic E-state index is -1.16. The highest BCUT2D eigenvalue weighted by Gasteiger charge is 2.11. The summed E-state index contributed by atoms with van der Waals surface area (Å²) in [5.41, 5.74) is 6.30. The van der Waals surface area contributed by atoms with Crippen molar-refractivity contribution >= 4 is 23.5 Å². The van der Waals surface area contributed by atoms with Crippen LogP contribution in [-0.2, 0) is 0 Å². The first-order valence-electron chi connectivity index (χ1n) is 4.70. The molecule has 0 aliphatic rings. The molecule has 1 heterocycles. The number of carboxylic acids is 1. The molecular weight excluding hydrogens is 242 g/mol. The van der Waals surface area contributed by atoms with Gasteiger partial charge in [0, 0.05) is 10.6 Å². The molecule has 0 saturated carbocycles. The van der Waals surface area contributed by atoms with Gasteiger partial charge in [0.15, 0.2) is 5.69 Å². The Hall–Kier alpha value is -2.14. The number of carbonyl (C=O) groups is 1. The van der Waals surface area contributed by atoms with Crippen LogP contribution >= 0.6 is 11.6 Å². The third-order valence-corrected chi connectivity index (χ3v) is 2.44. The summed E-state index contributed by atoms with van der Waals surface area (Å²) in [4.78, 5) is 18.4. The molecule has 0 aliphatic heterocycles. The fourth-order valence-corrected chi connectivity index (χ4v) is 1.61. The van der Waals surface area contributed by atoms with Crippen molar-refractivity contribution in [3.8, 4) is 11.3 Å². The van der Waals surface area contributed by atoms with Crippen LogP contribution in [0, 0.1) is 0 Å². The average molecular weight is 250 g/mol. The molecule has 0 bridgehead atoms. The molecule has 2 rings (SSSR count). The zero-order valence-corrected chi connectivity index (χ0v) is 9.35. The number of halogens is 1. The SMILES string of the molecule is Nc1nc(C(=O)O)cc(-c2ccccc2Cl)n1. The highest BCUT2D eigenvalue weighted by molar-refractivity contribution is 6.33. The van der Waals surface area contributed by atoms with Crippen LogP contribution in [-0.4, -0.2) is 21.0 Å². The maximum Gasteiger partial charge on any atom is 0.354 e. The third kappa shape index (κ3) is 2.34. The molecule has 1 aromatic carbocycles. The van der Waals surface area contributed by atoms with E-state index in [9.17, 15) is 4.79 Å². The normalized spacial score (nSPS) is 10.2. The Balaban J connectivity index is 2.60. The van der Waals surface area contributed by atoms with E-state index in [1.807, 2.05) is 0 Å². The van der Waals surface area contributed by atoms with Gasteiger partial charge in [-0.3, -0.25) is 0 Å². The Morgan fingerprint density at radius 3 is 2.65 bits per heavy atom. The number of nitrogens with zero attached hydrogens (tertiary/aromatic N) is 2. The zero-order valence-electron chi connectivity index (χ0n) is 8.59. The number of carboxylic acid groups (broad SMARTS) is 1. The topological polar surface area (TPSA) is 89.1 Å². The Morgan fingerprint density at radius 1 is 1.29 bits per heavy atom. The molecule has 0 saturated heterocycles. The average Bonchev–Trinajstić information content (AvgIpc) is 2.28. The second-order valence-electron chi connectivity index (χ2n) is 3.28. The van der Waals surface area contributed by atoms with Gasteiger partial charge in [0.2, 0.25) is 5.95 Å². The summed E-state index contributed by atoms with van der Waals surface area (Å²) in [5.74, 6) is -1.26. The molecular formula is C11H8ClN3O2. The molecule has 17 heavy (non-hydrogen) atoms. The van der Waals surface area contributed by atoms with Crippen molar-refractivity contribution in [1.82, 2.24) is 9.97 Å². The minimum absolute atomic E-state index is 0.0974. The number of aromatic nitrogens is 2. The summed E-state index contributed by atoms with van der Waals surface area (Å²) in [7, 11) is 0. The van der Waals surface area contributed by atoms with E-state index in [-0.39, 0.29) is 11.6 Å². The number of nitrogens with two attached hydrogens (primary N) is 1. The Morgan fingerprint density at radius 2 is 2.00 bits per heavy atom. The molecule has 0 fully saturated rings. The molecule has 0 spiro atoms. The number of hydrogen-bond acceptors (Lipinski definition) is 4. The molecule has 0 aliphatic carbocycles. The molecule has 1 aromatic heterocycles. The van der Waals surface area contributed by atoms with Crippen LogP contribution in [0.3, 0.4) is 0 Å². The number of aromatic carboxylic acids is 1. The van der Waals surface area contributed by atoms with Crippen LogP contribution in [0.15, 0.2) is 30.3 Å². The van der Waals surface area contributed by atoms with Gasteiger partial charge in [-0.1, -0.05) is 29.8 Å². The van der Waals surface area contributed by atoms with Crippen molar-refractivity contribution in [3.63, 3.8) is 0 Å². The smallest absolute Gasteiger partial charge is 0.354 e. The van der Waals surface area contributed by atoms with Gasteiger partial charge in [-0.15, -0.1) is 0 Å². The molecule has 6 heteroatoms. The van der Waals surface area contributed by atoms with Gasteiger partial charge in [-0.25, -0.2) is 14.8 Å². The van der Waals surface area contributed by atoms with Gasteiger partial charge in [0.05, 0.1) is 5.69 Å². The van der Waals surface area contributed by atoms with Crippen molar-refractivity contribution in [3.05, 3.63) is 41.0 Å². The Labute approximate surface area is 102 Å². The minimum Gasteiger partial charge on any atom is -0.477 e. The fraction of sp³-hybridized carbons (Fsp3) is 0. The van der Waals surface area contributed by atoms with E-state index in [2.05, 4.69) is 9.97 Å². The molecule has 3 N–H and O–H groups in total. The highest BCUT2D eigenvalue weighted by Crippen LogP contribution is 2.26. The van der Waals surface area contributed by atoms with Crippen molar-refractivity contribution < 1.29 is 9.90 Å². The molecule has 0 amide bonds. The van der Waals surface area contributed by atoms with Crippen LogP contribution in [0.25, 0.3) is 11.3 Å². The van der Waals surface area contributed by atoms with Gasteiger partial charge in [0.1, 0.15) is 0 Å². The van der Waals surface area contributed by atoms with E-state index in [1.54, 1.807) is 24.3 Å². The summed E-state index contributed by atoms with van der Waals surface area (Å²) in [6, 6.07) is 8.31. The first kappa shape index (κ1) is 11.3. The zero-order chi connectivity index (χ0) is 12.4. The Bertz CT molecular complexity index is 587. The lowest BCUT2D eigenvalue weighted by atomic mass is 10.1. The van der Waals surface area contributed by atoms with Gasteiger partial charge in [0.25, 0.3) is 0 Å². The van der Waals surface area contributed by atoms with Crippen molar-refractivity contribution in [1.29, 1.82) is 0 Å². The van der Waals surface area contributed by atoms with Crippen molar-refractivity contribution in [2.24, 2.45) is 0 Å². The molecule has 0 atom stereocenters. The number of benzene rings is 1. The van der Waals surface area contributed by atoms with Gasteiger partial charge in [-0.2, -0.15) is 0 Å². The van der Waals surface area contributed by atoms with Crippen molar-refractivity contribution in [2.75, 3.05) is 5.73 Å². The van der Waals surface area contributed by atoms with E-state index in [1.165, 1.54) is 6.07 Å². The number of rotatable bonds is 2. The summed E-state index contributed by atoms with van der Waals surface area (Å²) >= 11 is 5.99. The lowest BCUT2D eigenvalue weighted by Gasteiger charge is -2.05. The number of anilines is 1. The Kier molecular flexibility index (Phi) is 2.93. The van der Waals surface area contributed by atoms with Crippen LogP contribution in [0.4, 0.5) is 5.95 Å². The lowest BCUT2D eigenvalue weighted by Crippen LogP contribution is -2.06. The molecule has 5 nitrogen and oxygen atoms in total. The largest absolute Gasteiger partial charge is 0.477 e. The fourth-order valence-electron chi connectivity index (χ4n) is 1.38. The number of hydrogen-bond donors (Lipinski definition) is 2. The van der Waals surface area contributed by atoms with Crippen LogP contribution in [0.1, 0.15) is 10.5 Å². The van der Waals surface area contributed by atoms with Gasteiger partial charge < -0.3 is 10.8 Å². The van der Waals surface area contributed by atoms with Crippen LogP contribution in [0.2, 0.25) is 5.02 Å². The molecule has 0 unspecified atom stereocenters. The van der Waals surface area contributed by atoms with Crippen LogP contribution < -0.4 is 5.73 Å². The first-order chi connectivity index (χ1) is 8.08. The maximum atomic E-state index is 10.8. The van der Waals surface area contributed by atoms with E-state index in [0.717, 1.165) is 0 Å². The molecule has 2 aromatic rings. The van der Waals surface area contributed by atoms with E-state index >= 15 is 0 Å². The maximum absolute atomic E-state index is 10.8. The highest BCUT2D eigenvalue weighted by atomic mass is 35.5. The third-order valence-electron chi connectivity index (χ3n) is 2.11. The van der Waals surface area contributed by atoms with E-state index in [0.29, 0.717) is 16.3 Å². The van der Waals surface area contributed by atoms with Gasteiger partial charge in [-0.05, 0) is 12.1 Å². The monoisotopic (exact) mass is 249 g/mol. The standard InChI is InChI=1S/C11H8ClN3O2/c12-7-4-2-1-3-6(7)8-5-9(10(16)17)15-11(13)14-8/h1-5H,(H,16,17)(H2,13,14,15). The second-order valence-corrected chi connectivity index (χ2v) is 3.69. The van der Waals surface area contributed by atoms with Crippen LogP contribution in [0.5, 0.6) is 0 Å². The summed E-state index contributed by atoms with van der Waals surface area (Å²) in [5, 5.41) is 9.35. The van der Waals surface area contributed by atoms with Crippen molar-refractivity contribution in [2.45, 2.75) is 0 Å². The van der Waals surface area contributed by atoms with E-state index < -0.39 is 5.97 Å². The molecule has 86 valence electrons. The quantitative estimate of drug-likeness (QED) is 0.851. The van der Waals surface area contributed by atoms with E-state index in [4.69, 9.17) is 22.4 Å². The predicted molar refractivity (Wildman–Crippen MR) is 63.8 cm³/mol. The summed E-state index contributed by atoms with van der Waals surface area (Å²) in [6.45, 7) is 0.